The molecule has 1 fully saturated rings. The van der Waals surface area contributed by atoms with Crippen molar-refractivity contribution in [2.75, 3.05) is 19.8 Å². The highest BCUT2D eigenvalue weighted by atomic mass is 127. The molecule has 1 amide bonds. The summed E-state index contributed by atoms with van der Waals surface area (Å²) in [5, 5.41) is 1.14. The molecule has 2 aromatic rings. The smallest absolute Gasteiger partial charge is 0.411 e. The number of ether oxygens (including phenoxy) is 2. The molecule has 0 aliphatic carbocycles. The molecule has 3 heterocycles. The maximum Gasteiger partial charge on any atom is 0.411 e. The van der Waals surface area contributed by atoms with Gasteiger partial charge < -0.3 is 13.9 Å². The zero-order valence-corrected chi connectivity index (χ0v) is 16.9. The van der Waals surface area contributed by atoms with Crippen LogP contribution in [0.4, 0.5) is 4.79 Å². The minimum atomic E-state index is -0.555. The van der Waals surface area contributed by atoms with Crippen molar-refractivity contribution in [2.24, 2.45) is 0 Å². The van der Waals surface area contributed by atoms with Crippen LogP contribution in [0, 0.1) is 3.57 Å². The minimum Gasteiger partial charge on any atom is -0.458 e. The van der Waals surface area contributed by atoms with Crippen LogP contribution in [0.1, 0.15) is 38.5 Å². The first-order valence-corrected chi connectivity index (χ1v) is 9.68. The average molecular weight is 455 g/mol. The fourth-order valence-corrected chi connectivity index (χ4v) is 4.30. The monoisotopic (exact) mass is 455 g/mol. The highest BCUT2D eigenvalue weighted by Gasteiger charge is 2.52. The molecule has 0 saturated carbocycles. The molecule has 134 valence electrons. The van der Waals surface area contributed by atoms with Crippen molar-refractivity contribution in [3.63, 3.8) is 0 Å². The summed E-state index contributed by atoms with van der Waals surface area (Å²) in [5.74, 6) is 0.874. The quantitative estimate of drug-likeness (QED) is 0.551. The van der Waals surface area contributed by atoms with Crippen LogP contribution in [0.2, 0.25) is 0 Å². The van der Waals surface area contributed by atoms with Gasteiger partial charge in [-0.3, -0.25) is 4.90 Å². The van der Waals surface area contributed by atoms with Crippen molar-refractivity contribution in [3.8, 4) is 0 Å². The SMILES string of the molecule is CC(C)(C)OC(=O)N1CCc2c(oc3cc(I)ccc23)[C@@]12CCOC2. The Hall–Kier alpha value is -1.28. The fourth-order valence-electron chi connectivity index (χ4n) is 3.84. The molecule has 5 nitrogen and oxygen atoms in total. The topological polar surface area (TPSA) is 51.9 Å². The normalized spacial score (nSPS) is 23.3. The second kappa shape index (κ2) is 5.87. The number of benzene rings is 1. The summed E-state index contributed by atoms with van der Waals surface area (Å²) in [6.45, 7) is 7.36. The average Bonchev–Trinajstić information content (AvgIpc) is 3.11. The molecule has 0 radical (unpaired) electrons. The van der Waals surface area contributed by atoms with E-state index in [4.69, 9.17) is 13.9 Å². The van der Waals surface area contributed by atoms with Gasteiger partial charge in [-0.25, -0.2) is 4.79 Å². The lowest BCUT2D eigenvalue weighted by Crippen LogP contribution is -2.54. The second-order valence-corrected chi connectivity index (χ2v) is 9.01. The molecule has 4 rings (SSSR count). The molecule has 0 N–H and O–H groups in total. The van der Waals surface area contributed by atoms with Crippen LogP contribution in [0.15, 0.2) is 22.6 Å². The molecule has 2 aliphatic rings. The first kappa shape index (κ1) is 17.1. The second-order valence-electron chi connectivity index (χ2n) is 7.77. The van der Waals surface area contributed by atoms with E-state index in [9.17, 15) is 4.79 Å². The molecule has 0 unspecified atom stereocenters. The number of nitrogens with zero attached hydrogens (tertiary/aromatic N) is 1. The Bertz CT molecular complexity index is 830. The van der Waals surface area contributed by atoms with Crippen molar-refractivity contribution < 1.29 is 18.7 Å². The van der Waals surface area contributed by atoms with E-state index in [0.717, 1.165) is 33.1 Å². The van der Waals surface area contributed by atoms with Gasteiger partial charge >= 0.3 is 6.09 Å². The summed E-state index contributed by atoms with van der Waals surface area (Å²) in [6, 6.07) is 6.26. The van der Waals surface area contributed by atoms with Gasteiger partial charge in [-0.05, 0) is 68.0 Å². The Balaban J connectivity index is 1.81. The summed E-state index contributed by atoms with van der Waals surface area (Å²) in [5.41, 5.74) is 1.01. The number of carbonyl (C=O) groups is 1. The van der Waals surface area contributed by atoms with E-state index >= 15 is 0 Å². The third-order valence-electron chi connectivity index (χ3n) is 4.89. The van der Waals surface area contributed by atoms with E-state index in [1.807, 2.05) is 25.7 Å². The summed E-state index contributed by atoms with van der Waals surface area (Å²) in [4.78, 5) is 14.7. The van der Waals surface area contributed by atoms with Gasteiger partial charge in [0.1, 0.15) is 22.5 Å². The molecular weight excluding hydrogens is 433 g/mol. The summed E-state index contributed by atoms with van der Waals surface area (Å²) in [7, 11) is 0. The molecule has 0 bridgehead atoms. The van der Waals surface area contributed by atoms with Gasteiger partial charge in [-0.15, -0.1) is 0 Å². The number of furan rings is 1. The predicted molar refractivity (Wildman–Crippen MR) is 103 cm³/mol. The van der Waals surface area contributed by atoms with Gasteiger partial charge in [-0.2, -0.15) is 0 Å². The fraction of sp³-hybridized carbons (Fsp3) is 0.526. The van der Waals surface area contributed by atoms with Crippen LogP contribution >= 0.6 is 22.6 Å². The molecule has 1 spiro atoms. The van der Waals surface area contributed by atoms with Crippen molar-refractivity contribution in [2.45, 2.75) is 44.8 Å². The molecule has 6 heteroatoms. The molecule has 1 aromatic heterocycles. The Morgan fingerprint density at radius 3 is 2.84 bits per heavy atom. The van der Waals surface area contributed by atoms with Crippen LogP contribution in [0.25, 0.3) is 11.0 Å². The largest absolute Gasteiger partial charge is 0.458 e. The van der Waals surface area contributed by atoms with Gasteiger partial charge in [0.15, 0.2) is 0 Å². The number of hydrogen-bond acceptors (Lipinski definition) is 4. The molecule has 1 saturated heterocycles. The maximum absolute atomic E-state index is 12.9. The van der Waals surface area contributed by atoms with E-state index in [1.165, 1.54) is 5.56 Å². The lowest BCUT2D eigenvalue weighted by atomic mass is 9.85. The Morgan fingerprint density at radius 1 is 1.36 bits per heavy atom. The van der Waals surface area contributed by atoms with Gasteiger partial charge in [-0.1, -0.05) is 0 Å². The molecular formula is C19H22INO4. The van der Waals surface area contributed by atoms with Gasteiger partial charge in [0, 0.05) is 34.1 Å². The number of fused-ring (bicyclic) bond motifs is 4. The Morgan fingerprint density at radius 2 is 2.16 bits per heavy atom. The van der Waals surface area contributed by atoms with Gasteiger partial charge in [0.05, 0.1) is 6.61 Å². The van der Waals surface area contributed by atoms with Crippen LogP contribution in [-0.2, 0) is 21.4 Å². The first-order chi connectivity index (χ1) is 11.8. The molecule has 1 aromatic carbocycles. The predicted octanol–water partition coefficient (Wildman–Crippen LogP) is 4.45. The van der Waals surface area contributed by atoms with Gasteiger partial charge in [0.25, 0.3) is 0 Å². The highest BCUT2D eigenvalue weighted by molar-refractivity contribution is 14.1. The summed E-state index contributed by atoms with van der Waals surface area (Å²) >= 11 is 2.29. The van der Waals surface area contributed by atoms with Crippen molar-refractivity contribution in [1.82, 2.24) is 4.90 Å². The summed E-state index contributed by atoms with van der Waals surface area (Å²) < 4.78 is 18.8. The molecule has 25 heavy (non-hydrogen) atoms. The highest BCUT2D eigenvalue weighted by Crippen LogP contribution is 2.46. The summed E-state index contributed by atoms with van der Waals surface area (Å²) in [6.07, 6.45) is 1.21. The van der Waals surface area contributed by atoms with E-state index < -0.39 is 11.1 Å². The minimum absolute atomic E-state index is 0.293. The van der Waals surface area contributed by atoms with Gasteiger partial charge in [0.2, 0.25) is 0 Å². The van der Waals surface area contributed by atoms with Crippen LogP contribution in [-0.4, -0.2) is 36.4 Å². The number of carbonyl (C=O) groups excluding carboxylic acids is 1. The number of hydrogen-bond donors (Lipinski definition) is 0. The van der Waals surface area contributed by atoms with E-state index in [-0.39, 0.29) is 6.09 Å². The third kappa shape index (κ3) is 2.83. The van der Waals surface area contributed by atoms with Crippen molar-refractivity contribution in [1.29, 1.82) is 0 Å². The molecule has 1 atom stereocenters. The maximum atomic E-state index is 12.9. The third-order valence-corrected chi connectivity index (χ3v) is 5.57. The lowest BCUT2D eigenvalue weighted by Gasteiger charge is -2.42. The van der Waals surface area contributed by atoms with E-state index in [0.29, 0.717) is 19.8 Å². The van der Waals surface area contributed by atoms with E-state index in [2.05, 4.69) is 40.8 Å². The molecule has 2 aliphatic heterocycles. The van der Waals surface area contributed by atoms with Crippen molar-refractivity contribution in [3.05, 3.63) is 33.1 Å². The van der Waals surface area contributed by atoms with Crippen LogP contribution in [0.5, 0.6) is 0 Å². The number of rotatable bonds is 0. The van der Waals surface area contributed by atoms with Crippen LogP contribution in [0.3, 0.4) is 0 Å². The Labute approximate surface area is 160 Å². The van der Waals surface area contributed by atoms with Crippen molar-refractivity contribution >= 4 is 39.7 Å². The Kier molecular flexibility index (Phi) is 4.03. The zero-order chi connectivity index (χ0) is 17.8. The van der Waals surface area contributed by atoms with E-state index in [1.54, 1.807) is 0 Å². The first-order valence-electron chi connectivity index (χ1n) is 8.60. The van der Waals surface area contributed by atoms with Crippen LogP contribution < -0.4 is 0 Å². The lowest BCUT2D eigenvalue weighted by molar-refractivity contribution is -0.0172. The zero-order valence-electron chi connectivity index (χ0n) is 14.7. The number of halogens is 1. The standard InChI is InChI=1S/C19H22INO4/c1-18(2,3)25-17(22)21-8-6-14-13-5-4-12(20)10-15(13)24-16(14)19(21)7-9-23-11-19/h4-5,10H,6-9,11H2,1-3H3/t19-/m0/s1. The number of amides is 1.